The highest BCUT2D eigenvalue weighted by Crippen LogP contribution is 2.47. The van der Waals surface area contributed by atoms with Crippen molar-refractivity contribution >= 4 is 0 Å². The van der Waals surface area contributed by atoms with Crippen molar-refractivity contribution in [3.8, 4) is 0 Å². The lowest BCUT2D eigenvalue weighted by Crippen LogP contribution is -2.06. The quantitative estimate of drug-likeness (QED) is 0.755. The van der Waals surface area contributed by atoms with Gasteiger partial charge in [0.2, 0.25) is 0 Å². The molecule has 0 amide bonds. The van der Waals surface area contributed by atoms with E-state index in [1.54, 1.807) is 0 Å². The summed E-state index contributed by atoms with van der Waals surface area (Å²) >= 11 is 0. The Morgan fingerprint density at radius 1 is 1.56 bits per heavy atom. The molecule has 1 aliphatic rings. The summed E-state index contributed by atoms with van der Waals surface area (Å²) in [7, 11) is 0. The van der Waals surface area contributed by atoms with Gasteiger partial charge in [-0.1, -0.05) is 13.8 Å². The summed E-state index contributed by atoms with van der Waals surface area (Å²) in [5.41, 5.74) is 0. The molecular weight excluding hydrogens is 204 g/mol. The second-order valence-electron chi connectivity index (χ2n) is 4.65. The zero-order valence-corrected chi connectivity index (χ0v) is 9.98. The SMILES string of the molecule is CCCOCC(O)c1ccc(C2CC2C)o1. The summed E-state index contributed by atoms with van der Waals surface area (Å²) in [4.78, 5) is 0. The van der Waals surface area contributed by atoms with Gasteiger partial charge in [0, 0.05) is 12.5 Å². The average Bonchev–Trinajstić information content (AvgIpc) is 2.82. The first-order valence-electron chi connectivity index (χ1n) is 6.07. The molecule has 2 rings (SSSR count). The Morgan fingerprint density at radius 3 is 2.94 bits per heavy atom. The van der Waals surface area contributed by atoms with Gasteiger partial charge in [-0.2, -0.15) is 0 Å². The number of aliphatic hydroxyl groups is 1. The van der Waals surface area contributed by atoms with Crippen LogP contribution in [0.1, 0.15) is 50.2 Å². The van der Waals surface area contributed by atoms with Gasteiger partial charge in [0.05, 0.1) is 6.61 Å². The van der Waals surface area contributed by atoms with Gasteiger partial charge in [0.1, 0.15) is 17.6 Å². The van der Waals surface area contributed by atoms with Crippen LogP contribution in [0.4, 0.5) is 0 Å². The van der Waals surface area contributed by atoms with Crippen LogP contribution in [0.5, 0.6) is 0 Å². The van der Waals surface area contributed by atoms with Gasteiger partial charge in [0.15, 0.2) is 0 Å². The molecular formula is C13H20O3. The molecule has 90 valence electrons. The predicted octanol–water partition coefficient (Wildman–Crippen LogP) is 2.86. The maximum absolute atomic E-state index is 9.81. The highest BCUT2D eigenvalue weighted by atomic mass is 16.5. The van der Waals surface area contributed by atoms with Crippen LogP contribution in [0.2, 0.25) is 0 Å². The molecule has 3 unspecified atom stereocenters. The lowest BCUT2D eigenvalue weighted by molar-refractivity contribution is 0.0247. The maximum atomic E-state index is 9.81. The van der Waals surface area contributed by atoms with E-state index in [0.29, 0.717) is 24.9 Å². The second-order valence-corrected chi connectivity index (χ2v) is 4.65. The van der Waals surface area contributed by atoms with Gasteiger partial charge in [-0.3, -0.25) is 0 Å². The molecule has 1 N–H and O–H groups in total. The first kappa shape index (κ1) is 11.7. The van der Waals surface area contributed by atoms with Crippen molar-refractivity contribution < 1.29 is 14.3 Å². The van der Waals surface area contributed by atoms with Crippen molar-refractivity contribution in [2.75, 3.05) is 13.2 Å². The first-order chi connectivity index (χ1) is 7.72. The Kier molecular flexibility index (Phi) is 3.66. The summed E-state index contributed by atoms with van der Waals surface area (Å²) in [6.45, 7) is 5.27. The Balaban J connectivity index is 1.86. The minimum absolute atomic E-state index is 0.320. The average molecular weight is 224 g/mol. The minimum Gasteiger partial charge on any atom is -0.463 e. The zero-order chi connectivity index (χ0) is 11.5. The molecule has 3 nitrogen and oxygen atoms in total. The normalized spacial score (nSPS) is 25.7. The molecule has 1 aromatic heterocycles. The minimum atomic E-state index is -0.630. The molecule has 16 heavy (non-hydrogen) atoms. The fourth-order valence-electron chi connectivity index (χ4n) is 1.89. The number of ether oxygens (including phenoxy) is 1. The number of furan rings is 1. The van der Waals surface area contributed by atoms with Crippen LogP contribution in [-0.4, -0.2) is 18.3 Å². The van der Waals surface area contributed by atoms with Gasteiger partial charge < -0.3 is 14.3 Å². The van der Waals surface area contributed by atoms with E-state index in [4.69, 9.17) is 9.15 Å². The molecule has 1 saturated carbocycles. The van der Waals surface area contributed by atoms with Gasteiger partial charge in [0.25, 0.3) is 0 Å². The summed E-state index contributed by atoms with van der Waals surface area (Å²) in [5, 5.41) is 9.81. The van der Waals surface area contributed by atoms with Gasteiger partial charge in [-0.15, -0.1) is 0 Å². The van der Waals surface area contributed by atoms with Crippen LogP contribution in [0.15, 0.2) is 16.5 Å². The Labute approximate surface area is 96.4 Å². The number of rotatable bonds is 6. The molecule has 1 fully saturated rings. The predicted molar refractivity (Wildman–Crippen MR) is 61.3 cm³/mol. The zero-order valence-electron chi connectivity index (χ0n) is 9.98. The molecule has 1 aliphatic carbocycles. The van der Waals surface area contributed by atoms with Gasteiger partial charge in [-0.25, -0.2) is 0 Å². The summed E-state index contributed by atoms with van der Waals surface area (Å²) in [6.07, 6.45) is 1.54. The molecule has 3 atom stereocenters. The highest BCUT2D eigenvalue weighted by molar-refractivity contribution is 5.18. The van der Waals surface area contributed by atoms with Crippen molar-refractivity contribution in [2.45, 2.75) is 38.7 Å². The van der Waals surface area contributed by atoms with Crippen molar-refractivity contribution in [3.63, 3.8) is 0 Å². The molecule has 0 aromatic carbocycles. The van der Waals surface area contributed by atoms with Crippen LogP contribution >= 0.6 is 0 Å². The van der Waals surface area contributed by atoms with Crippen LogP contribution in [-0.2, 0) is 4.74 Å². The Hall–Kier alpha value is -0.800. The monoisotopic (exact) mass is 224 g/mol. The van der Waals surface area contributed by atoms with Gasteiger partial charge in [-0.05, 0) is 30.9 Å². The highest BCUT2D eigenvalue weighted by Gasteiger charge is 2.36. The third kappa shape index (κ3) is 2.66. The van der Waals surface area contributed by atoms with E-state index in [9.17, 15) is 5.11 Å². The van der Waals surface area contributed by atoms with E-state index in [2.05, 4.69) is 6.92 Å². The second kappa shape index (κ2) is 5.02. The fourth-order valence-corrected chi connectivity index (χ4v) is 1.89. The summed E-state index contributed by atoms with van der Waals surface area (Å²) in [6, 6.07) is 3.84. The molecule has 3 heteroatoms. The number of hydrogen-bond donors (Lipinski definition) is 1. The van der Waals surface area contributed by atoms with E-state index >= 15 is 0 Å². The molecule has 0 bridgehead atoms. The molecule has 0 radical (unpaired) electrons. The van der Waals surface area contributed by atoms with E-state index < -0.39 is 6.10 Å². The Morgan fingerprint density at radius 2 is 2.31 bits per heavy atom. The third-order valence-corrected chi connectivity index (χ3v) is 3.08. The van der Waals surface area contributed by atoms with Crippen LogP contribution in [0, 0.1) is 5.92 Å². The topological polar surface area (TPSA) is 42.6 Å². The van der Waals surface area contributed by atoms with Gasteiger partial charge >= 0.3 is 0 Å². The lowest BCUT2D eigenvalue weighted by atomic mass is 10.2. The Bertz CT molecular complexity index is 332. The van der Waals surface area contributed by atoms with Crippen LogP contribution in [0.3, 0.4) is 0 Å². The van der Waals surface area contributed by atoms with Crippen molar-refractivity contribution in [2.24, 2.45) is 5.92 Å². The molecule has 0 spiro atoms. The lowest BCUT2D eigenvalue weighted by Gasteiger charge is -2.07. The standard InChI is InChI=1S/C13H20O3/c1-3-6-15-8-11(14)13-5-4-12(16-13)10-7-9(10)2/h4-5,9-11,14H,3,6-8H2,1-2H3. The van der Waals surface area contributed by atoms with E-state index in [-0.39, 0.29) is 0 Å². The van der Waals surface area contributed by atoms with Crippen LogP contribution < -0.4 is 0 Å². The molecule has 1 aromatic rings. The summed E-state index contributed by atoms with van der Waals surface area (Å²) < 4.78 is 10.9. The maximum Gasteiger partial charge on any atom is 0.135 e. The van der Waals surface area contributed by atoms with E-state index in [1.165, 1.54) is 6.42 Å². The summed E-state index contributed by atoms with van der Waals surface area (Å²) in [5.74, 6) is 2.94. The van der Waals surface area contributed by atoms with E-state index in [0.717, 1.165) is 18.1 Å². The largest absolute Gasteiger partial charge is 0.463 e. The molecule has 1 heterocycles. The number of hydrogen-bond acceptors (Lipinski definition) is 3. The first-order valence-corrected chi connectivity index (χ1v) is 6.07. The van der Waals surface area contributed by atoms with Crippen molar-refractivity contribution in [1.82, 2.24) is 0 Å². The third-order valence-electron chi connectivity index (χ3n) is 3.08. The molecule has 0 saturated heterocycles. The fraction of sp³-hybridized carbons (Fsp3) is 0.692. The van der Waals surface area contributed by atoms with E-state index in [1.807, 2.05) is 19.1 Å². The smallest absolute Gasteiger partial charge is 0.135 e. The molecule has 0 aliphatic heterocycles. The van der Waals surface area contributed by atoms with Crippen molar-refractivity contribution in [3.05, 3.63) is 23.7 Å². The van der Waals surface area contributed by atoms with Crippen molar-refractivity contribution in [1.29, 1.82) is 0 Å². The number of aliphatic hydroxyl groups excluding tert-OH is 1. The van der Waals surface area contributed by atoms with Crippen LogP contribution in [0.25, 0.3) is 0 Å².